The molecule has 45 heavy (non-hydrogen) atoms. The molecule has 0 radical (unpaired) electrons. The molecule has 0 unspecified atom stereocenters. The number of anilines is 1. The number of hydrogen-bond donors (Lipinski definition) is 3. The first-order valence-electron chi connectivity index (χ1n) is 14.5. The highest BCUT2D eigenvalue weighted by atomic mass is 19.1. The molecule has 3 aromatic heterocycles. The molecule has 12 nitrogen and oxygen atoms in total. The molecule has 5 rings (SSSR count). The second-order valence-electron chi connectivity index (χ2n) is 11.2. The van der Waals surface area contributed by atoms with Gasteiger partial charge in [-0.2, -0.15) is 4.98 Å². The number of fused-ring (bicyclic) bond motifs is 1. The predicted molar refractivity (Wildman–Crippen MR) is 163 cm³/mol. The number of hydrogen-bond acceptors (Lipinski definition) is 8. The highest BCUT2D eigenvalue weighted by molar-refractivity contribution is 6.00. The molecule has 4 aromatic rings. The quantitative estimate of drug-likeness (QED) is 0.267. The molecular formula is C31H33F2N7O5. The van der Waals surface area contributed by atoms with Crippen LogP contribution in [-0.4, -0.2) is 78.9 Å². The maximum absolute atomic E-state index is 16.1. The smallest absolute Gasteiger partial charge is 0.407 e. The fraction of sp³-hybridized carbons (Fsp3) is 0.355. The van der Waals surface area contributed by atoms with Gasteiger partial charge < -0.3 is 25.7 Å². The van der Waals surface area contributed by atoms with Gasteiger partial charge in [-0.05, 0) is 55.5 Å². The third kappa shape index (κ3) is 5.80. The van der Waals surface area contributed by atoms with Crippen LogP contribution in [0, 0.1) is 11.6 Å². The number of amides is 2. The largest absolute Gasteiger partial charge is 0.465 e. The molecule has 0 spiro atoms. The number of rotatable bonds is 8. The van der Waals surface area contributed by atoms with Crippen molar-refractivity contribution >= 4 is 28.9 Å². The van der Waals surface area contributed by atoms with Crippen molar-refractivity contribution in [3.8, 4) is 16.9 Å². The van der Waals surface area contributed by atoms with E-state index in [0.29, 0.717) is 29.8 Å². The highest BCUT2D eigenvalue weighted by Gasteiger charge is 2.32. The number of halogens is 2. The Labute approximate surface area is 256 Å². The van der Waals surface area contributed by atoms with Crippen molar-refractivity contribution in [3.05, 3.63) is 75.5 Å². The molecule has 4 N–H and O–H groups in total. The van der Waals surface area contributed by atoms with E-state index < -0.39 is 46.6 Å². The van der Waals surface area contributed by atoms with E-state index in [1.54, 1.807) is 24.1 Å². The second kappa shape index (κ2) is 12.6. The van der Waals surface area contributed by atoms with Crippen molar-refractivity contribution in [2.45, 2.75) is 45.6 Å². The topological polar surface area (TPSA) is 168 Å². The van der Waals surface area contributed by atoms with Gasteiger partial charge in [-0.1, -0.05) is 19.9 Å². The van der Waals surface area contributed by atoms with Gasteiger partial charge in [-0.25, -0.2) is 27.9 Å². The molecule has 1 fully saturated rings. The van der Waals surface area contributed by atoms with Gasteiger partial charge >= 0.3 is 11.8 Å². The Kier molecular flexibility index (Phi) is 8.77. The normalized spacial score (nSPS) is 15.2. The third-order valence-electron chi connectivity index (χ3n) is 7.90. The minimum Gasteiger partial charge on any atom is -0.465 e. The minimum absolute atomic E-state index is 0.0758. The molecule has 1 aromatic carbocycles. The lowest BCUT2D eigenvalue weighted by atomic mass is 10.0. The predicted octanol–water partition coefficient (Wildman–Crippen LogP) is 3.46. The van der Waals surface area contributed by atoms with Gasteiger partial charge in [0, 0.05) is 38.5 Å². The zero-order valence-corrected chi connectivity index (χ0v) is 25.0. The molecule has 1 aliphatic heterocycles. The molecule has 2 amide bonds. The SMILES string of the molecule is CC(C)c1nccc(CCCO)c1-n1c(=O)nc(N2CCN(C(=O)O)C[C@@H]2C)c2cc(F)c(-c3c(F)cccc3C(N)=O)nc21. The van der Waals surface area contributed by atoms with Gasteiger partial charge in [0.1, 0.15) is 17.3 Å². The lowest BCUT2D eigenvalue weighted by molar-refractivity contribution is 0.1000. The molecule has 4 heterocycles. The molecule has 236 valence electrons. The number of carboxylic acid groups (broad SMARTS) is 1. The summed E-state index contributed by atoms with van der Waals surface area (Å²) in [6.45, 7) is 5.81. The number of carbonyl (C=O) groups is 2. The maximum atomic E-state index is 16.1. The van der Waals surface area contributed by atoms with Crippen molar-refractivity contribution in [1.82, 2.24) is 24.4 Å². The number of primary amides is 1. The van der Waals surface area contributed by atoms with Crippen LogP contribution in [0.5, 0.6) is 0 Å². The average Bonchev–Trinajstić information content (AvgIpc) is 2.99. The molecular weight excluding hydrogens is 588 g/mol. The Morgan fingerprint density at radius 1 is 1.13 bits per heavy atom. The van der Waals surface area contributed by atoms with E-state index in [-0.39, 0.29) is 54.6 Å². The van der Waals surface area contributed by atoms with Crippen molar-refractivity contribution in [1.29, 1.82) is 0 Å². The highest BCUT2D eigenvalue weighted by Crippen LogP contribution is 2.35. The lowest BCUT2D eigenvalue weighted by Gasteiger charge is -2.39. The van der Waals surface area contributed by atoms with Gasteiger partial charge in [-0.15, -0.1) is 0 Å². The fourth-order valence-corrected chi connectivity index (χ4v) is 5.78. The van der Waals surface area contributed by atoms with Crippen LogP contribution in [0.3, 0.4) is 0 Å². The van der Waals surface area contributed by atoms with Crippen LogP contribution < -0.4 is 16.3 Å². The van der Waals surface area contributed by atoms with Gasteiger partial charge in [-0.3, -0.25) is 9.78 Å². The van der Waals surface area contributed by atoms with E-state index in [1.807, 2.05) is 13.8 Å². The summed E-state index contributed by atoms with van der Waals surface area (Å²) in [7, 11) is 0. The first kappa shape index (κ1) is 31.4. The van der Waals surface area contributed by atoms with E-state index in [2.05, 4.69) is 15.0 Å². The van der Waals surface area contributed by atoms with Crippen molar-refractivity contribution < 1.29 is 28.6 Å². The molecule has 0 saturated carbocycles. The summed E-state index contributed by atoms with van der Waals surface area (Å²) in [6, 6.07) is 5.93. The second-order valence-corrected chi connectivity index (χ2v) is 11.2. The molecule has 1 atom stereocenters. The number of aryl methyl sites for hydroxylation is 1. The van der Waals surface area contributed by atoms with Crippen LogP contribution in [0.15, 0.2) is 41.3 Å². The summed E-state index contributed by atoms with van der Waals surface area (Å²) in [5.41, 5.74) is 4.90. The van der Waals surface area contributed by atoms with Crippen LogP contribution in [-0.2, 0) is 6.42 Å². The van der Waals surface area contributed by atoms with E-state index in [4.69, 9.17) is 5.73 Å². The third-order valence-corrected chi connectivity index (χ3v) is 7.90. The number of nitrogens with two attached hydrogens (primary N) is 1. The summed E-state index contributed by atoms with van der Waals surface area (Å²) < 4.78 is 32.6. The summed E-state index contributed by atoms with van der Waals surface area (Å²) in [4.78, 5) is 54.4. The van der Waals surface area contributed by atoms with E-state index >= 15 is 8.78 Å². The molecule has 0 bridgehead atoms. The summed E-state index contributed by atoms with van der Waals surface area (Å²) in [5, 5.41) is 19.2. The summed E-state index contributed by atoms with van der Waals surface area (Å²) in [6.07, 6.45) is 1.25. The number of pyridine rings is 2. The first-order valence-corrected chi connectivity index (χ1v) is 14.5. The number of aliphatic hydroxyl groups is 1. The molecule has 1 saturated heterocycles. The number of piperazine rings is 1. The Morgan fingerprint density at radius 3 is 2.53 bits per heavy atom. The Balaban J connectivity index is 1.89. The summed E-state index contributed by atoms with van der Waals surface area (Å²) in [5.74, 6) is -3.03. The number of carbonyl (C=O) groups excluding carboxylic acids is 1. The first-order chi connectivity index (χ1) is 21.4. The van der Waals surface area contributed by atoms with Gasteiger partial charge in [0.15, 0.2) is 11.5 Å². The van der Waals surface area contributed by atoms with Gasteiger partial charge in [0.25, 0.3) is 0 Å². The van der Waals surface area contributed by atoms with Crippen LogP contribution in [0.2, 0.25) is 0 Å². The van der Waals surface area contributed by atoms with Gasteiger partial charge in [0.05, 0.1) is 27.9 Å². The van der Waals surface area contributed by atoms with Crippen LogP contribution in [0.25, 0.3) is 28.0 Å². The number of nitrogens with zero attached hydrogens (tertiary/aromatic N) is 6. The standard InChI is InChI=1S/C31H33F2N7O5/c1-16(2)24-26(18(6-5-13-41)9-10-35-24)40-29-20(28(37-30(40)43)39-12-11-38(31(44)45)15-17(39)3)14-22(33)25(36-29)23-19(27(34)42)7-4-8-21(23)32/h4,7-10,14,16-17,41H,5-6,11-13,15H2,1-3H3,(H2,34,42)(H,44,45)/t17-/m0/s1. The molecule has 14 heteroatoms. The van der Waals surface area contributed by atoms with Crippen LogP contribution >= 0.6 is 0 Å². The van der Waals surface area contributed by atoms with Crippen molar-refractivity contribution in [2.24, 2.45) is 5.73 Å². The molecule has 0 aliphatic carbocycles. The van der Waals surface area contributed by atoms with Crippen molar-refractivity contribution in [3.63, 3.8) is 0 Å². The Morgan fingerprint density at radius 2 is 1.89 bits per heavy atom. The van der Waals surface area contributed by atoms with Gasteiger partial charge in [0.2, 0.25) is 5.91 Å². The Hall–Kier alpha value is -4.98. The van der Waals surface area contributed by atoms with Crippen LogP contribution in [0.1, 0.15) is 54.7 Å². The zero-order valence-electron chi connectivity index (χ0n) is 25.0. The zero-order chi connectivity index (χ0) is 32.6. The Bertz CT molecular complexity index is 1860. The number of benzene rings is 1. The van der Waals surface area contributed by atoms with E-state index in [1.165, 1.54) is 21.6 Å². The fourth-order valence-electron chi connectivity index (χ4n) is 5.78. The van der Waals surface area contributed by atoms with E-state index in [9.17, 15) is 24.6 Å². The molecule has 1 aliphatic rings. The van der Waals surface area contributed by atoms with Crippen LogP contribution in [0.4, 0.5) is 19.4 Å². The van der Waals surface area contributed by atoms with Crippen molar-refractivity contribution in [2.75, 3.05) is 31.1 Å². The minimum atomic E-state index is -1.09. The monoisotopic (exact) mass is 621 g/mol. The average molecular weight is 622 g/mol. The lowest BCUT2D eigenvalue weighted by Crippen LogP contribution is -2.54. The number of aliphatic hydroxyl groups excluding tert-OH is 1. The van der Waals surface area contributed by atoms with E-state index in [0.717, 1.165) is 12.1 Å². The maximum Gasteiger partial charge on any atom is 0.407 e. The number of aromatic nitrogens is 4. The summed E-state index contributed by atoms with van der Waals surface area (Å²) >= 11 is 0.